The normalized spacial score (nSPS) is 19.0. The summed E-state index contributed by atoms with van der Waals surface area (Å²) < 4.78 is 11.9. The second-order valence-electron chi connectivity index (χ2n) is 5.36. The number of halogens is 1. The fourth-order valence-electron chi connectivity index (χ4n) is 3.05. The van der Waals surface area contributed by atoms with Crippen LogP contribution in [-0.2, 0) is 6.54 Å². The quantitative estimate of drug-likeness (QED) is 0.813. The minimum atomic E-state index is 0.662. The van der Waals surface area contributed by atoms with Gasteiger partial charge >= 0.3 is 0 Å². The van der Waals surface area contributed by atoms with Crippen molar-refractivity contribution in [3.05, 3.63) is 22.2 Å². The molecule has 4 nitrogen and oxygen atoms in total. The molecule has 118 valence electrons. The minimum Gasteiger partial charge on any atom is -0.493 e. The molecule has 1 atom stereocenters. The molecule has 0 spiro atoms. The lowest BCUT2D eigenvalue weighted by Gasteiger charge is -2.23. The van der Waals surface area contributed by atoms with E-state index < -0.39 is 0 Å². The van der Waals surface area contributed by atoms with Crippen LogP contribution in [0.2, 0.25) is 0 Å². The van der Waals surface area contributed by atoms with E-state index in [1.165, 1.54) is 19.4 Å². The molecule has 1 saturated heterocycles. The highest BCUT2D eigenvalue weighted by molar-refractivity contribution is 9.10. The smallest absolute Gasteiger partial charge is 0.165 e. The summed E-state index contributed by atoms with van der Waals surface area (Å²) in [6.07, 6.45) is 2.61. The molecule has 0 radical (unpaired) electrons. The van der Waals surface area contributed by atoms with E-state index in [2.05, 4.69) is 39.1 Å². The van der Waals surface area contributed by atoms with Crippen LogP contribution in [0.25, 0.3) is 0 Å². The van der Waals surface area contributed by atoms with Crippen LogP contribution in [0.4, 0.5) is 0 Å². The Morgan fingerprint density at radius 2 is 2.14 bits per heavy atom. The summed E-state index contributed by atoms with van der Waals surface area (Å²) in [5.74, 6) is 1.58. The lowest BCUT2D eigenvalue weighted by molar-refractivity contribution is 0.259. The molecule has 1 aromatic rings. The van der Waals surface area contributed by atoms with Gasteiger partial charge in [-0.15, -0.1) is 0 Å². The molecule has 1 heterocycles. The standard InChI is InChI=1S/C16H25BrN2O2/c1-4-19-7-5-6-14(19)11-18-10-12-8-13(17)9-15(20-2)16(12)21-3/h8-9,14,18H,4-7,10-11H2,1-3H3/t14-/m1/s1. The Labute approximate surface area is 135 Å². The molecule has 1 aliphatic heterocycles. The predicted octanol–water partition coefficient (Wildman–Crippen LogP) is 3.04. The molecule has 0 bridgehead atoms. The molecule has 0 unspecified atom stereocenters. The van der Waals surface area contributed by atoms with Crippen LogP contribution >= 0.6 is 15.9 Å². The SMILES string of the molecule is CCN1CCC[C@@H]1CNCc1cc(Br)cc(OC)c1OC. The second-order valence-corrected chi connectivity index (χ2v) is 6.27. The zero-order valence-corrected chi connectivity index (χ0v) is 14.7. The monoisotopic (exact) mass is 356 g/mol. The summed E-state index contributed by atoms with van der Waals surface area (Å²) in [5.41, 5.74) is 1.12. The number of benzene rings is 1. The van der Waals surface area contributed by atoms with Gasteiger partial charge in [-0.2, -0.15) is 0 Å². The molecule has 0 saturated carbocycles. The number of hydrogen-bond donors (Lipinski definition) is 1. The van der Waals surface area contributed by atoms with E-state index in [1.807, 2.05) is 6.07 Å². The first-order valence-corrected chi connectivity index (χ1v) is 8.34. The van der Waals surface area contributed by atoms with Crippen molar-refractivity contribution in [3.8, 4) is 11.5 Å². The van der Waals surface area contributed by atoms with E-state index in [0.717, 1.165) is 41.2 Å². The number of methoxy groups -OCH3 is 2. The zero-order valence-electron chi connectivity index (χ0n) is 13.1. The molecular weight excluding hydrogens is 332 g/mol. The molecule has 1 fully saturated rings. The summed E-state index contributed by atoms with van der Waals surface area (Å²) in [6, 6.07) is 4.67. The Hall–Kier alpha value is -0.780. The van der Waals surface area contributed by atoms with Crippen molar-refractivity contribution >= 4 is 15.9 Å². The number of rotatable bonds is 7. The van der Waals surface area contributed by atoms with Crippen LogP contribution in [0.5, 0.6) is 11.5 Å². The first kappa shape index (κ1) is 16.6. The Morgan fingerprint density at radius 1 is 1.33 bits per heavy atom. The average molecular weight is 357 g/mol. The first-order valence-electron chi connectivity index (χ1n) is 7.54. The van der Waals surface area contributed by atoms with Crippen molar-refractivity contribution < 1.29 is 9.47 Å². The van der Waals surface area contributed by atoms with Gasteiger partial charge in [-0.25, -0.2) is 0 Å². The molecule has 1 N–H and O–H groups in total. The van der Waals surface area contributed by atoms with Gasteiger partial charge in [0, 0.05) is 29.2 Å². The molecule has 2 rings (SSSR count). The van der Waals surface area contributed by atoms with Crippen LogP contribution in [0, 0.1) is 0 Å². The summed E-state index contributed by atoms with van der Waals surface area (Å²) in [6.45, 7) is 6.41. The fourth-order valence-corrected chi connectivity index (χ4v) is 3.54. The molecule has 5 heteroatoms. The molecule has 0 amide bonds. The maximum atomic E-state index is 5.49. The number of nitrogens with zero attached hydrogens (tertiary/aromatic N) is 1. The molecule has 1 aromatic carbocycles. The zero-order chi connectivity index (χ0) is 15.2. The van der Waals surface area contributed by atoms with Gasteiger partial charge in [0.25, 0.3) is 0 Å². The molecule has 21 heavy (non-hydrogen) atoms. The van der Waals surface area contributed by atoms with Crippen molar-refractivity contribution in [2.45, 2.75) is 32.4 Å². The highest BCUT2D eigenvalue weighted by atomic mass is 79.9. The van der Waals surface area contributed by atoms with Gasteiger partial charge < -0.3 is 14.8 Å². The van der Waals surface area contributed by atoms with Crippen molar-refractivity contribution in [2.24, 2.45) is 0 Å². The predicted molar refractivity (Wildman–Crippen MR) is 89.2 cm³/mol. The van der Waals surface area contributed by atoms with Gasteiger partial charge in [0.05, 0.1) is 14.2 Å². The van der Waals surface area contributed by atoms with Crippen LogP contribution in [0.3, 0.4) is 0 Å². The summed E-state index contributed by atoms with van der Waals surface area (Å²) in [4.78, 5) is 2.55. The van der Waals surface area contributed by atoms with E-state index in [1.54, 1.807) is 14.2 Å². The highest BCUT2D eigenvalue weighted by Crippen LogP contribution is 2.34. The average Bonchev–Trinajstić information content (AvgIpc) is 2.94. The molecule has 0 aliphatic carbocycles. The second kappa shape index (κ2) is 8.01. The van der Waals surface area contributed by atoms with Crippen molar-refractivity contribution in [1.82, 2.24) is 10.2 Å². The van der Waals surface area contributed by atoms with Gasteiger partial charge in [0.1, 0.15) is 0 Å². The van der Waals surface area contributed by atoms with Crippen LogP contribution in [-0.4, -0.2) is 44.8 Å². The largest absolute Gasteiger partial charge is 0.493 e. The third-order valence-electron chi connectivity index (χ3n) is 4.12. The van der Waals surface area contributed by atoms with Gasteiger partial charge in [-0.05, 0) is 38.1 Å². The first-order chi connectivity index (χ1) is 10.2. The van der Waals surface area contributed by atoms with E-state index in [9.17, 15) is 0 Å². The number of likely N-dealkylation sites (tertiary alicyclic amines) is 1. The Kier molecular flexibility index (Phi) is 6.33. The number of hydrogen-bond acceptors (Lipinski definition) is 4. The third-order valence-corrected chi connectivity index (χ3v) is 4.58. The van der Waals surface area contributed by atoms with E-state index in [-0.39, 0.29) is 0 Å². The van der Waals surface area contributed by atoms with Gasteiger partial charge in [0.2, 0.25) is 0 Å². The maximum absolute atomic E-state index is 5.49. The van der Waals surface area contributed by atoms with Gasteiger partial charge in [0.15, 0.2) is 11.5 Å². The minimum absolute atomic E-state index is 0.662. The summed E-state index contributed by atoms with van der Waals surface area (Å²) in [5, 5.41) is 3.56. The molecule has 1 aliphatic rings. The summed E-state index contributed by atoms with van der Waals surface area (Å²) >= 11 is 3.52. The van der Waals surface area contributed by atoms with Crippen LogP contribution in [0.15, 0.2) is 16.6 Å². The van der Waals surface area contributed by atoms with E-state index in [4.69, 9.17) is 9.47 Å². The number of nitrogens with one attached hydrogen (secondary N) is 1. The van der Waals surface area contributed by atoms with Crippen LogP contribution in [0.1, 0.15) is 25.3 Å². The lowest BCUT2D eigenvalue weighted by atomic mass is 10.1. The van der Waals surface area contributed by atoms with Crippen molar-refractivity contribution in [2.75, 3.05) is 33.9 Å². The molecule has 0 aromatic heterocycles. The fraction of sp³-hybridized carbons (Fsp3) is 0.625. The van der Waals surface area contributed by atoms with Gasteiger partial charge in [-0.1, -0.05) is 22.9 Å². The topological polar surface area (TPSA) is 33.7 Å². The lowest BCUT2D eigenvalue weighted by Crippen LogP contribution is -2.37. The molecular formula is C16H25BrN2O2. The summed E-state index contributed by atoms with van der Waals surface area (Å²) in [7, 11) is 3.35. The van der Waals surface area contributed by atoms with Crippen molar-refractivity contribution in [1.29, 1.82) is 0 Å². The van der Waals surface area contributed by atoms with Crippen LogP contribution < -0.4 is 14.8 Å². The highest BCUT2D eigenvalue weighted by Gasteiger charge is 2.22. The number of likely N-dealkylation sites (N-methyl/N-ethyl adjacent to an activating group) is 1. The third kappa shape index (κ3) is 4.11. The van der Waals surface area contributed by atoms with E-state index >= 15 is 0 Å². The van der Waals surface area contributed by atoms with Crippen molar-refractivity contribution in [3.63, 3.8) is 0 Å². The van der Waals surface area contributed by atoms with E-state index in [0.29, 0.717) is 6.04 Å². The number of ether oxygens (including phenoxy) is 2. The Morgan fingerprint density at radius 3 is 2.81 bits per heavy atom. The Balaban J connectivity index is 1.98. The maximum Gasteiger partial charge on any atom is 0.165 e. The Bertz CT molecular complexity index is 468. The van der Waals surface area contributed by atoms with Gasteiger partial charge in [-0.3, -0.25) is 4.90 Å².